The second-order valence-electron chi connectivity index (χ2n) is 5.06. The van der Waals surface area contributed by atoms with Crippen molar-refractivity contribution in [3.8, 4) is 0 Å². The highest BCUT2D eigenvalue weighted by Gasteiger charge is 2.31. The smallest absolute Gasteiger partial charge is 0.0210 e. The third-order valence-electron chi connectivity index (χ3n) is 3.62. The van der Waals surface area contributed by atoms with Crippen LogP contribution in [0.3, 0.4) is 0 Å². The normalized spacial score (nSPS) is 24.3. The number of hydrogen-bond donors (Lipinski definition) is 1. The molecule has 1 N–H and O–H groups in total. The second-order valence-corrected chi connectivity index (χ2v) is 5.06. The number of benzene rings is 1. The molecule has 2 atom stereocenters. The maximum Gasteiger partial charge on any atom is 0.0210 e. The Kier molecular flexibility index (Phi) is 2.83. The number of rotatable bonds is 3. The molecule has 2 unspecified atom stereocenters. The molecule has 82 valence electrons. The van der Waals surface area contributed by atoms with Crippen molar-refractivity contribution in [2.75, 3.05) is 0 Å². The van der Waals surface area contributed by atoms with Gasteiger partial charge in [-0.3, -0.25) is 0 Å². The van der Waals surface area contributed by atoms with Crippen LogP contribution in [-0.2, 0) is 6.54 Å². The van der Waals surface area contributed by atoms with Crippen molar-refractivity contribution in [2.24, 2.45) is 5.92 Å². The van der Waals surface area contributed by atoms with Crippen LogP contribution < -0.4 is 5.32 Å². The lowest BCUT2D eigenvalue weighted by atomic mass is 10.0. The van der Waals surface area contributed by atoms with Gasteiger partial charge >= 0.3 is 0 Å². The molecule has 1 nitrogen and oxygen atoms in total. The Bertz CT molecular complexity index is 368. The molecule has 1 aromatic carbocycles. The predicted octanol–water partition coefficient (Wildman–Crippen LogP) is 3.11. The van der Waals surface area contributed by atoms with Crippen molar-refractivity contribution >= 4 is 0 Å². The molecule has 1 aliphatic rings. The average Bonchev–Trinajstić information content (AvgIpc) is 2.86. The fraction of sp³-hybridized carbons (Fsp3) is 0.571. The van der Waals surface area contributed by atoms with Gasteiger partial charge in [0, 0.05) is 12.6 Å². The minimum Gasteiger partial charge on any atom is -0.310 e. The fourth-order valence-corrected chi connectivity index (χ4v) is 2.06. The summed E-state index contributed by atoms with van der Waals surface area (Å²) >= 11 is 0. The first kappa shape index (κ1) is 10.7. The van der Waals surface area contributed by atoms with E-state index in [0.717, 1.165) is 18.5 Å². The van der Waals surface area contributed by atoms with Crippen molar-refractivity contribution in [3.63, 3.8) is 0 Å². The molecular weight excluding hydrogens is 182 g/mol. The molecule has 0 heterocycles. The molecule has 0 saturated heterocycles. The van der Waals surface area contributed by atoms with Crippen LogP contribution in [0, 0.1) is 26.7 Å². The van der Waals surface area contributed by atoms with Crippen molar-refractivity contribution < 1.29 is 0 Å². The SMILES string of the molecule is Cc1cc(C)c(CNC2CC2C)cc1C. The Labute approximate surface area is 92.9 Å². The standard InChI is InChI=1S/C14H21N/c1-9-5-11(3)13(6-10(9)2)8-15-14-7-12(14)4/h5-6,12,14-15H,7-8H2,1-4H3. The van der Waals surface area contributed by atoms with Gasteiger partial charge in [-0.1, -0.05) is 19.1 Å². The van der Waals surface area contributed by atoms with Gasteiger partial charge < -0.3 is 5.32 Å². The third-order valence-corrected chi connectivity index (χ3v) is 3.62. The van der Waals surface area contributed by atoms with Crippen molar-refractivity contribution in [1.82, 2.24) is 5.32 Å². The molecule has 0 aromatic heterocycles. The topological polar surface area (TPSA) is 12.0 Å². The molecule has 1 heteroatoms. The highest BCUT2D eigenvalue weighted by Crippen LogP contribution is 2.29. The Morgan fingerprint density at radius 3 is 2.33 bits per heavy atom. The van der Waals surface area contributed by atoms with Gasteiger partial charge in [0.15, 0.2) is 0 Å². The molecule has 2 rings (SSSR count). The summed E-state index contributed by atoms with van der Waals surface area (Å²) < 4.78 is 0. The molecule has 0 aliphatic heterocycles. The summed E-state index contributed by atoms with van der Waals surface area (Å²) in [7, 11) is 0. The maximum absolute atomic E-state index is 3.61. The second kappa shape index (κ2) is 3.97. The zero-order chi connectivity index (χ0) is 11.0. The zero-order valence-electron chi connectivity index (χ0n) is 10.2. The van der Waals surface area contributed by atoms with Crippen LogP contribution >= 0.6 is 0 Å². The van der Waals surface area contributed by atoms with E-state index in [0.29, 0.717) is 0 Å². The molecular formula is C14H21N. The maximum atomic E-state index is 3.61. The summed E-state index contributed by atoms with van der Waals surface area (Å²) in [6, 6.07) is 5.39. The molecule has 0 radical (unpaired) electrons. The van der Waals surface area contributed by atoms with E-state index < -0.39 is 0 Å². The summed E-state index contributed by atoms with van der Waals surface area (Å²) in [5, 5.41) is 3.61. The minimum absolute atomic E-state index is 0.769. The van der Waals surface area contributed by atoms with E-state index in [1.807, 2.05) is 0 Å². The van der Waals surface area contributed by atoms with Crippen LogP contribution in [0.4, 0.5) is 0 Å². The summed E-state index contributed by atoms with van der Waals surface area (Å²) in [4.78, 5) is 0. The number of nitrogens with one attached hydrogen (secondary N) is 1. The van der Waals surface area contributed by atoms with E-state index in [-0.39, 0.29) is 0 Å². The van der Waals surface area contributed by atoms with Gasteiger partial charge in [-0.05, 0) is 55.4 Å². The lowest BCUT2D eigenvalue weighted by Crippen LogP contribution is -2.17. The number of hydrogen-bond acceptors (Lipinski definition) is 1. The van der Waals surface area contributed by atoms with Gasteiger partial charge in [0.05, 0.1) is 0 Å². The number of aryl methyl sites for hydroxylation is 3. The largest absolute Gasteiger partial charge is 0.310 e. The minimum atomic E-state index is 0.769. The Balaban J connectivity index is 2.04. The van der Waals surface area contributed by atoms with Crippen LogP contribution in [-0.4, -0.2) is 6.04 Å². The van der Waals surface area contributed by atoms with Gasteiger partial charge in [-0.2, -0.15) is 0 Å². The van der Waals surface area contributed by atoms with Gasteiger partial charge in [-0.15, -0.1) is 0 Å². The molecule has 1 aromatic rings. The van der Waals surface area contributed by atoms with Crippen molar-refractivity contribution in [2.45, 2.75) is 46.7 Å². The van der Waals surface area contributed by atoms with Crippen LogP contribution in [0.5, 0.6) is 0 Å². The van der Waals surface area contributed by atoms with Gasteiger partial charge in [-0.25, -0.2) is 0 Å². The average molecular weight is 203 g/mol. The van der Waals surface area contributed by atoms with E-state index >= 15 is 0 Å². The van der Waals surface area contributed by atoms with E-state index in [1.54, 1.807) is 0 Å². The lowest BCUT2D eigenvalue weighted by Gasteiger charge is -2.10. The summed E-state index contributed by atoms with van der Waals surface area (Å²) in [5.41, 5.74) is 5.67. The predicted molar refractivity (Wildman–Crippen MR) is 65.1 cm³/mol. The van der Waals surface area contributed by atoms with Crippen LogP contribution in [0.1, 0.15) is 35.6 Å². The van der Waals surface area contributed by atoms with Crippen molar-refractivity contribution in [3.05, 3.63) is 34.4 Å². The fourth-order valence-electron chi connectivity index (χ4n) is 2.06. The Morgan fingerprint density at radius 1 is 1.13 bits per heavy atom. The van der Waals surface area contributed by atoms with E-state index in [1.165, 1.54) is 28.7 Å². The quantitative estimate of drug-likeness (QED) is 0.796. The summed E-state index contributed by atoms with van der Waals surface area (Å²) in [5.74, 6) is 0.886. The van der Waals surface area contributed by atoms with Crippen molar-refractivity contribution in [1.29, 1.82) is 0 Å². The molecule has 1 aliphatic carbocycles. The molecule has 0 bridgehead atoms. The van der Waals surface area contributed by atoms with Crippen LogP contribution in [0.15, 0.2) is 12.1 Å². The summed E-state index contributed by atoms with van der Waals surface area (Å²) in [6.07, 6.45) is 1.35. The Hall–Kier alpha value is -0.820. The first-order chi connectivity index (χ1) is 7.08. The van der Waals surface area contributed by atoms with E-state index in [2.05, 4.69) is 45.1 Å². The zero-order valence-corrected chi connectivity index (χ0v) is 10.2. The van der Waals surface area contributed by atoms with E-state index in [4.69, 9.17) is 0 Å². The van der Waals surface area contributed by atoms with Gasteiger partial charge in [0.2, 0.25) is 0 Å². The highest BCUT2D eigenvalue weighted by molar-refractivity contribution is 5.36. The molecule has 0 amide bonds. The molecule has 0 spiro atoms. The highest BCUT2D eigenvalue weighted by atomic mass is 15.0. The molecule has 1 fully saturated rings. The van der Waals surface area contributed by atoms with Gasteiger partial charge in [0.1, 0.15) is 0 Å². The van der Waals surface area contributed by atoms with E-state index in [9.17, 15) is 0 Å². The summed E-state index contributed by atoms with van der Waals surface area (Å²) in [6.45, 7) is 9.92. The lowest BCUT2D eigenvalue weighted by molar-refractivity contribution is 0.650. The monoisotopic (exact) mass is 203 g/mol. The van der Waals surface area contributed by atoms with Gasteiger partial charge in [0.25, 0.3) is 0 Å². The third kappa shape index (κ3) is 2.40. The molecule has 1 saturated carbocycles. The Morgan fingerprint density at radius 2 is 1.73 bits per heavy atom. The first-order valence-electron chi connectivity index (χ1n) is 5.88. The van der Waals surface area contributed by atoms with Crippen LogP contribution in [0.25, 0.3) is 0 Å². The first-order valence-corrected chi connectivity index (χ1v) is 5.88. The van der Waals surface area contributed by atoms with Crippen LogP contribution in [0.2, 0.25) is 0 Å². The molecule has 15 heavy (non-hydrogen) atoms.